The lowest BCUT2D eigenvalue weighted by Gasteiger charge is -2.18. The number of unbranched alkanes of at least 4 members (excludes halogenated alkanes) is 3. The van der Waals surface area contributed by atoms with Gasteiger partial charge in [-0.2, -0.15) is 0 Å². The van der Waals surface area contributed by atoms with Crippen molar-refractivity contribution in [1.29, 1.82) is 0 Å². The minimum absolute atomic E-state index is 0.751. The zero-order chi connectivity index (χ0) is 32.4. The van der Waals surface area contributed by atoms with Gasteiger partial charge in [0.25, 0.3) is 0 Å². The van der Waals surface area contributed by atoms with E-state index in [-0.39, 0.29) is 0 Å². The minimum atomic E-state index is 0.751. The molecule has 0 aromatic heterocycles. The van der Waals surface area contributed by atoms with Crippen LogP contribution in [0.25, 0.3) is 43.8 Å². The van der Waals surface area contributed by atoms with Crippen LogP contribution in [-0.4, -0.2) is 20.8 Å². The van der Waals surface area contributed by atoms with Gasteiger partial charge in [-0.1, -0.05) is 105 Å². The first-order chi connectivity index (χ1) is 23.2. The molecule has 0 atom stereocenters. The van der Waals surface area contributed by atoms with E-state index in [2.05, 4.69) is 91.3 Å². The molecular formula is C44H38O3. The van der Waals surface area contributed by atoms with Crippen LogP contribution in [0.3, 0.4) is 0 Å². The number of methoxy groups -OCH3 is 2. The molecule has 0 fully saturated rings. The van der Waals surface area contributed by atoms with Gasteiger partial charge in [0.05, 0.1) is 20.8 Å². The summed E-state index contributed by atoms with van der Waals surface area (Å²) in [6, 6.07) is 39.3. The molecular weight excluding hydrogens is 576 g/mol. The summed E-state index contributed by atoms with van der Waals surface area (Å²) in [5.41, 5.74) is 6.02. The number of ether oxygens (including phenoxy) is 3. The van der Waals surface area contributed by atoms with Gasteiger partial charge in [0, 0.05) is 22.3 Å². The van der Waals surface area contributed by atoms with E-state index in [1.54, 1.807) is 14.2 Å². The molecule has 0 aliphatic heterocycles. The van der Waals surface area contributed by atoms with Gasteiger partial charge < -0.3 is 14.2 Å². The maximum absolute atomic E-state index is 5.92. The molecule has 3 nitrogen and oxygen atoms in total. The normalized spacial score (nSPS) is 10.5. The van der Waals surface area contributed by atoms with Crippen LogP contribution in [-0.2, 0) is 0 Å². The molecule has 232 valence electrons. The Hall–Kier alpha value is -5.64. The van der Waals surface area contributed by atoms with Gasteiger partial charge in [-0.25, -0.2) is 0 Å². The second-order valence-corrected chi connectivity index (χ2v) is 11.4. The lowest BCUT2D eigenvalue weighted by atomic mass is 9.90. The summed E-state index contributed by atoms with van der Waals surface area (Å²) in [5, 5.41) is 4.45. The summed E-state index contributed by atoms with van der Waals surface area (Å²) in [6.07, 6.45) is 4.78. The van der Waals surface area contributed by atoms with E-state index in [4.69, 9.17) is 14.2 Å². The standard InChI is InChI=1S/C44H38O3/c1-4-5-6-13-30-47-37-25-20-32(21-26-37)14-7-8-15-33-16-9-11-18-38(33)35-22-27-40-36(31-35)24-29-42(46-3)44(40)43-39-19-12-10-17-34(39)23-28-41(43)45-2/h9-12,16-29,31H,4-6,13,30H2,1-3H3. The van der Waals surface area contributed by atoms with Crippen molar-refractivity contribution >= 4 is 21.5 Å². The molecule has 0 N–H and O–H groups in total. The lowest BCUT2D eigenvalue weighted by molar-refractivity contribution is 0.305. The molecule has 0 unspecified atom stereocenters. The zero-order valence-electron chi connectivity index (χ0n) is 27.2. The van der Waals surface area contributed by atoms with E-state index in [0.717, 1.165) is 85.2 Å². The van der Waals surface area contributed by atoms with E-state index in [9.17, 15) is 0 Å². The van der Waals surface area contributed by atoms with Gasteiger partial charge in [0.15, 0.2) is 0 Å². The van der Waals surface area contributed by atoms with Crippen LogP contribution in [0.15, 0.2) is 115 Å². The summed E-state index contributed by atoms with van der Waals surface area (Å²) in [6.45, 7) is 2.97. The molecule has 6 aromatic carbocycles. The van der Waals surface area contributed by atoms with Crippen molar-refractivity contribution in [2.24, 2.45) is 0 Å². The fraction of sp³-hybridized carbons (Fsp3) is 0.182. The quantitative estimate of drug-likeness (QED) is 0.113. The number of hydrogen-bond acceptors (Lipinski definition) is 3. The summed E-state index contributed by atoms with van der Waals surface area (Å²) in [5.74, 6) is 15.0. The Balaban J connectivity index is 1.29. The molecule has 0 aliphatic carbocycles. The van der Waals surface area contributed by atoms with E-state index in [1.165, 1.54) is 19.3 Å². The average molecular weight is 615 g/mol. The molecule has 0 aliphatic rings. The Kier molecular flexibility index (Phi) is 10.1. The molecule has 6 aromatic rings. The Bertz CT molecular complexity index is 2140. The van der Waals surface area contributed by atoms with Crippen molar-refractivity contribution in [3.63, 3.8) is 0 Å². The second kappa shape index (κ2) is 15.1. The van der Waals surface area contributed by atoms with Gasteiger partial charge in [-0.3, -0.25) is 0 Å². The van der Waals surface area contributed by atoms with Crippen LogP contribution in [0, 0.1) is 23.7 Å². The first-order valence-electron chi connectivity index (χ1n) is 16.2. The summed E-state index contributed by atoms with van der Waals surface area (Å²) < 4.78 is 17.7. The highest BCUT2D eigenvalue weighted by atomic mass is 16.5. The molecule has 47 heavy (non-hydrogen) atoms. The Morgan fingerprint density at radius 3 is 2.02 bits per heavy atom. The molecule has 0 heterocycles. The van der Waals surface area contributed by atoms with E-state index >= 15 is 0 Å². The molecule has 3 heteroatoms. The summed E-state index contributed by atoms with van der Waals surface area (Å²) in [4.78, 5) is 0. The highest BCUT2D eigenvalue weighted by Crippen LogP contribution is 2.46. The predicted molar refractivity (Wildman–Crippen MR) is 195 cm³/mol. The Labute approximate surface area is 278 Å². The van der Waals surface area contributed by atoms with E-state index in [1.807, 2.05) is 54.6 Å². The minimum Gasteiger partial charge on any atom is -0.496 e. The fourth-order valence-corrected chi connectivity index (χ4v) is 5.98. The smallest absolute Gasteiger partial charge is 0.127 e. The van der Waals surface area contributed by atoms with Gasteiger partial charge in [0.1, 0.15) is 17.2 Å². The van der Waals surface area contributed by atoms with Crippen LogP contribution in [0.4, 0.5) is 0 Å². The zero-order valence-corrected chi connectivity index (χ0v) is 27.2. The van der Waals surface area contributed by atoms with Crippen molar-refractivity contribution in [3.8, 4) is 63.2 Å². The van der Waals surface area contributed by atoms with Crippen molar-refractivity contribution < 1.29 is 14.2 Å². The lowest BCUT2D eigenvalue weighted by Crippen LogP contribution is -1.96. The highest BCUT2D eigenvalue weighted by Gasteiger charge is 2.19. The molecule has 0 radical (unpaired) electrons. The topological polar surface area (TPSA) is 27.7 Å². The monoisotopic (exact) mass is 614 g/mol. The van der Waals surface area contributed by atoms with Crippen LogP contribution in [0.1, 0.15) is 43.7 Å². The number of hydrogen-bond donors (Lipinski definition) is 0. The van der Waals surface area contributed by atoms with Gasteiger partial charge in [0.2, 0.25) is 0 Å². The fourth-order valence-electron chi connectivity index (χ4n) is 5.98. The molecule has 0 bridgehead atoms. The van der Waals surface area contributed by atoms with E-state index < -0.39 is 0 Å². The van der Waals surface area contributed by atoms with Crippen molar-refractivity contribution in [1.82, 2.24) is 0 Å². The van der Waals surface area contributed by atoms with Gasteiger partial charge >= 0.3 is 0 Å². The third-order valence-electron chi connectivity index (χ3n) is 8.39. The molecule has 0 saturated heterocycles. The van der Waals surface area contributed by atoms with Crippen molar-refractivity contribution in [2.45, 2.75) is 32.6 Å². The molecule has 6 rings (SSSR count). The third-order valence-corrected chi connectivity index (χ3v) is 8.39. The predicted octanol–water partition coefficient (Wildman–Crippen LogP) is 10.7. The maximum atomic E-state index is 5.92. The van der Waals surface area contributed by atoms with Gasteiger partial charge in [-0.05, 0) is 99.5 Å². The first kappa shape index (κ1) is 31.3. The molecule has 0 saturated carbocycles. The van der Waals surface area contributed by atoms with Crippen LogP contribution >= 0.6 is 0 Å². The maximum Gasteiger partial charge on any atom is 0.127 e. The Morgan fingerprint density at radius 1 is 0.574 bits per heavy atom. The molecule has 0 spiro atoms. The van der Waals surface area contributed by atoms with Crippen molar-refractivity contribution in [3.05, 3.63) is 126 Å². The number of rotatable bonds is 10. The van der Waals surface area contributed by atoms with Crippen LogP contribution in [0.2, 0.25) is 0 Å². The SMILES string of the molecule is CCCCCCOc1ccc(C#CC#Cc2ccccc2-c2ccc3c(-c4c(OC)ccc5ccccc45)c(OC)ccc3c2)cc1. The first-order valence-corrected chi connectivity index (χ1v) is 16.2. The van der Waals surface area contributed by atoms with Crippen molar-refractivity contribution in [2.75, 3.05) is 20.8 Å². The Morgan fingerprint density at radius 2 is 1.26 bits per heavy atom. The number of fused-ring (bicyclic) bond motifs is 2. The molecule has 0 amide bonds. The third kappa shape index (κ3) is 7.12. The average Bonchev–Trinajstić information content (AvgIpc) is 3.13. The van der Waals surface area contributed by atoms with Gasteiger partial charge in [-0.15, -0.1) is 0 Å². The summed E-state index contributed by atoms with van der Waals surface area (Å²) in [7, 11) is 3.43. The van der Waals surface area contributed by atoms with E-state index in [0.29, 0.717) is 0 Å². The van der Waals surface area contributed by atoms with Crippen LogP contribution < -0.4 is 14.2 Å². The number of benzene rings is 6. The van der Waals surface area contributed by atoms with Crippen LogP contribution in [0.5, 0.6) is 17.2 Å². The summed E-state index contributed by atoms with van der Waals surface area (Å²) >= 11 is 0. The second-order valence-electron chi connectivity index (χ2n) is 11.4. The largest absolute Gasteiger partial charge is 0.496 e. The highest BCUT2D eigenvalue weighted by molar-refractivity contribution is 6.10.